The van der Waals surface area contributed by atoms with Crippen LogP contribution in [-0.4, -0.2) is 99.2 Å². The molecule has 1 aromatic rings. The number of carbonyl (C=O) groups is 2. The molecule has 0 aromatic heterocycles. The molecule has 9 nitrogen and oxygen atoms in total. The van der Waals surface area contributed by atoms with E-state index in [2.05, 4.69) is 5.32 Å². The Kier molecular flexibility index (Phi) is 7.27. The van der Waals surface area contributed by atoms with Gasteiger partial charge in [0, 0.05) is 51.4 Å². The minimum absolute atomic E-state index is 0.0142. The number of hydrogen-bond donors (Lipinski definition) is 1. The third-order valence-electron chi connectivity index (χ3n) is 5.27. The predicted molar refractivity (Wildman–Crippen MR) is 108 cm³/mol. The van der Waals surface area contributed by atoms with E-state index in [0.717, 1.165) is 0 Å². The molecule has 0 bridgehead atoms. The number of amides is 3. The van der Waals surface area contributed by atoms with Crippen molar-refractivity contribution in [2.45, 2.75) is 6.92 Å². The monoisotopic (exact) mass is 442 g/mol. The molecule has 3 rings (SSSR count). The topological polar surface area (TPSA) is 99.3 Å². The third kappa shape index (κ3) is 5.46. The van der Waals surface area contributed by atoms with Gasteiger partial charge in [-0.1, -0.05) is 6.07 Å². The van der Waals surface area contributed by atoms with Gasteiger partial charge in [-0.25, -0.2) is 17.6 Å². The van der Waals surface area contributed by atoms with Gasteiger partial charge in [0.1, 0.15) is 5.82 Å². The number of aryl methyl sites for hydroxylation is 1. The van der Waals surface area contributed by atoms with Crippen LogP contribution in [0.15, 0.2) is 18.2 Å². The first-order chi connectivity index (χ1) is 14.3. The van der Waals surface area contributed by atoms with E-state index in [1.165, 1.54) is 10.4 Å². The maximum Gasteiger partial charge on any atom is 0.317 e. The third-order valence-corrected chi connectivity index (χ3v) is 7.14. The summed E-state index contributed by atoms with van der Waals surface area (Å²) in [6.07, 6.45) is 0. The predicted octanol–water partition coefficient (Wildman–Crippen LogP) is 0.264. The summed E-state index contributed by atoms with van der Waals surface area (Å²) in [5.74, 6) is -0.868. The first-order valence-electron chi connectivity index (χ1n) is 9.92. The van der Waals surface area contributed by atoms with Crippen LogP contribution >= 0.6 is 0 Å². The van der Waals surface area contributed by atoms with Gasteiger partial charge < -0.3 is 19.9 Å². The second-order valence-corrected chi connectivity index (χ2v) is 9.39. The normalized spacial score (nSPS) is 18.3. The van der Waals surface area contributed by atoms with Gasteiger partial charge in [0.25, 0.3) is 5.91 Å². The first-order valence-corrected chi connectivity index (χ1v) is 11.5. The summed E-state index contributed by atoms with van der Waals surface area (Å²) >= 11 is 0. The van der Waals surface area contributed by atoms with E-state index in [-0.39, 0.29) is 29.8 Å². The van der Waals surface area contributed by atoms with E-state index in [1.807, 2.05) is 0 Å². The largest absolute Gasteiger partial charge is 0.379 e. The zero-order valence-electron chi connectivity index (χ0n) is 17.0. The van der Waals surface area contributed by atoms with E-state index >= 15 is 0 Å². The van der Waals surface area contributed by atoms with Gasteiger partial charge in [0.15, 0.2) is 0 Å². The number of ether oxygens (including phenoxy) is 1. The summed E-state index contributed by atoms with van der Waals surface area (Å²) in [4.78, 5) is 28.0. The average Bonchev–Trinajstić information content (AvgIpc) is 2.75. The van der Waals surface area contributed by atoms with Crippen LogP contribution in [0.3, 0.4) is 0 Å². The highest BCUT2D eigenvalue weighted by Gasteiger charge is 2.27. The molecule has 0 saturated carbocycles. The van der Waals surface area contributed by atoms with Crippen LogP contribution in [0.4, 0.5) is 9.18 Å². The number of nitrogens with zero attached hydrogens (tertiary/aromatic N) is 3. The van der Waals surface area contributed by atoms with Crippen molar-refractivity contribution in [2.24, 2.45) is 0 Å². The summed E-state index contributed by atoms with van der Waals surface area (Å²) in [6.45, 7) is 4.36. The fourth-order valence-electron chi connectivity index (χ4n) is 3.37. The molecule has 1 N–H and O–H groups in total. The quantitative estimate of drug-likeness (QED) is 0.706. The minimum atomic E-state index is -3.43. The number of halogens is 1. The van der Waals surface area contributed by atoms with E-state index < -0.39 is 15.8 Å². The van der Waals surface area contributed by atoms with Crippen molar-refractivity contribution >= 4 is 22.0 Å². The lowest BCUT2D eigenvalue weighted by molar-refractivity contribution is 0.0664. The van der Waals surface area contributed by atoms with Gasteiger partial charge in [0.2, 0.25) is 10.0 Å². The van der Waals surface area contributed by atoms with E-state index in [1.54, 1.807) is 28.9 Å². The molecule has 2 aliphatic rings. The number of urea groups is 1. The van der Waals surface area contributed by atoms with Crippen molar-refractivity contribution in [1.29, 1.82) is 0 Å². The summed E-state index contributed by atoms with van der Waals surface area (Å²) in [5, 5.41) is 2.63. The van der Waals surface area contributed by atoms with Crippen molar-refractivity contribution in [2.75, 3.05) is 64.8 Å². The first kappa shape index (κ1) is 22.4. The Morgan fingerprint density at radius 1 is 1.07 bits per heavy atom. The maximum atomic E-state index is 13.7. The Labute approximate surface area is 175 Å². The Hall–Kier alpha value is -2.24. The molecule has 0 aliphatic carbocycles. The van der Waals surface area contributed by atoms with Crippen molar-refractivity contribution < 1.29 is 27.1 Å². The number of hydrogen-bond acceptors (Lipinski definition) is 5. The Morgan fingerprint density at radius 3 is 2.33 bits per heavy atom. The number of carbonyl (C=O) groups excluding carboxylic acids is 2. The Balaban J connectivity index is 1.43. The van der Waals surface area contributed by atoms with Crippen LogP contribution in [0.25, 0.3) is 0 Å². The molecule has 2 saturated heterocycles. The van der Waals surface area contributed by atoms with Crippen LogP contribution in [0, 0.1) is 12.7 Å². The average molecular weight is 443 g/mol. The maximum absolute atomic E-state index is 13.7. The molecule has 3 amide bonds. The van der Waals surface area contributed by atoms with Gasteiger partial charge in [-0.2, -0.15) is 4.31 Å². The van der Waals surface area contributed by atoms with Crippen LogP contribution in [0.1, 0.15) is 15.9 Å². The molecule has 0 spiro atoms. The lowest BCUT2D eigenvalue weighted by atomic mass is 10.1. The summed E-state index contributed by atoms with van der Waals surface area (Å²) < 4.78 is 44.8. The second kappa shape index (κ2) is 9.71. The lowest BCUT2D eigenvalue weighted by Gasteiger charge is -2.34. The van der Waals surface area contributed by atoms with Gasteiger partial charge in [0.05, 0.1) is 19.0 Å². The standard InChI is InChI=1S/C19H27FN4O5S/c1-15-2-3-16(14-17(15)20)18(25)22-5-7-23(8-6-22)19(26)21-4-13-30(27,28)24-9-11-29-12-10-24/h2-3,14H,4-13H2,1H3,(H,21,26). The fourth-order valence-corrected chi connectivity index (χ4v) is 4.70. The highest BCUT2D eigenvalue weighted by molar-refractivity contribution is 7.89. The van der Waals surface area contributed by atoms with Crippen molar-refractivity contribution in [1.82, 2.24) is 19.4 Å². The summed E-state index contributed by atoms with van der Waals surface area (Å²) in [7, 11) is -3.43. The number of benzene rings is 1. The molecule has 0 unspecified atom stereocenters. The minimum Gasteiger partial charge on any atom is -0.379 e. The number of morpholine rings is 1. The van der Waals surface area contributed by atoms with Crippen LogP contribution in [0.2, 0.25) is 0 Å². The molecular formula is C19H27FN4O5S. The van der Waals surface area contributed by atoms with E-state index in [4.69, 9.17) is 4.74 Å². The zero-order valence-corrected chi connectivity index (χ0v) is 17.8. The molecule has 30 heavy (non-hydrogen) atoms. The van der Waals surface area contributed by atoms with Crippen LogP contribution < -0.4 is 5.32 Å². The number of piperazine rings is 1. The molecule has 11 heteroatoms. The SMILES string of the molecule is Cc1ccc(C(=O)N2CCN(C(=O)NCCS(=O)(=O)N3CCOCC3)CC2)cc1F. The molecule has 2 fully saturated rings. The number of sulfonamides is 1. The molecule has 2 aliphatic heterocycles. The second-order valence-electron chi connectivity index (χ2n) is 7.30. The summed E-state index contributed by atoms with van der Waals surface area (Å²) in [5.41, 5.74) is 0.757. The molecule has 1 aromatic carbocycles. The number of rotatable bonds is 5. The highest BCUT2D eigenvalue weighted by Crippen LogP contribution is 2.13. The molecule has 0 atom stereocenters. The lowest BCUT2D eigenvalue weighted by Crippen LogP contribution is -2.53. The van der Waals surface area contributed by atoms with Gasteiger partial charge in [-0.3, -0.25) is 4.79 Å². The molecular weight excluding hydrogens is 415 g/mol. The van der Waals surface area contributed by atoms with Crippen LogP contribution in [-0.2, 0) is 14.8 Å². The molecule has 2 heterocycles. The smallest absolute Gasteiger partial charge is 0.317 e. The van der Waals surface area contributed by atoms with Gasteiger partial charge in [-0.15, -0.1) is 0 Å². The molecule has 0 radical (unpaired) electrons. The highest BCUT2D eigenvalue weighted by atomic mass is 32.2. The van der Waals surface area contributed by atoms with Gasteiger partial charge in [-0.05, 0) is 24.6 Å². The fraction of sp³-hybridized carbons (Fsp3) is 0.579. The summed E-state index contributed by atoms with van der Waals surface area (Å²) in [6, 6.07) is 4.03. The van der Waals surface area contributed by atoms with E-state index in [9.17, 15) is 22.4 Å². The van der Waals surface area contributed by atoms with Crippen molar-refractivity contribution in [3.8, 4) is 0 Å². The van der Waals surface area contributed by atoms with Crippen molar-refractivity contribution in [3.63, 3.8) is 0 Å². The Bertz CT molecular complexity index is 881. The van der Waals surface area contributed by atoms with Crippen molar-refractivity contribution in [3.05, 3.63) is 35.1 Å². The number of nitrogens with one attached hydrogen (secondary N) is 1. The van der Waals surface area contributed by atoms with Gasteiger partial charge >= 0.3 is 6.03 Å². The van der Waals surface area contributed by atoms with E-state index in [0.29, 0.717) is 58.0 Å². The van der Waals surface area contributed by atoms with Crippen LogP contribution in [0.5, 0.6) is 0 Å². The zero-order chi connectivity index (χ0) is 21.7. The Morgan fingerprint density at radius 2 is 1.70 bits per heavy atom. The molecule has 166 valence electrons.